The van der Waals surface area contributed by atoms with E-state index in [1.54, 1.807) is 0 Å². The van der Waals surface area contributed by atoms with Crippen molar-refractivity contribution in [1.82, 2.24) is 9.88 Å². The van der Waals surface area contributed by atoms with Crippen molar-refractivity contribution in [3.05, 3.63) is 24.0 Å². The van der Waals surface area contributed by atoms with Gasteiger partial charge in [-0.15, -0.1) is 0 Å². The molecule has 0 bridgehead atoms. The molecule has 20 heavy (non-hydrogen) atoms. The minimum atomic E-state index is 0.260. The zero-order chi connectivity index (χ0) is 14.5. The lowest BCUT2D eigenvalue weighted by atomic mass is 10.1. The van der Waals surface area contributed by atoms with E-state index in [2.05, 4.69) is 34.7 Å². The molecule has 5 heteroatoms. The molecule has 1 saturated heterocycles. The third-order valence-electron chi connectivity index (χ3n) is 3.98. The fourth-order valence-electron chi connectivity index (χ4n) is 2.87. The number of aromatic nitrogens is 1. The lowest BCUT2D eigenvalue weighted by molar-refractivity contribution is 0.219. The average molecular weight is 292 g/mol. The number of pyridine rings is 1. The van der Waals surface area contributed by atoms with Crippen molar-refractivity contribution in [2.45, 2.75) is 32.7 Å². The first-order chi connectivity index (χ1) is 9.63. The second kappa shape index (κ2) is 6.99. The normalized spacial score (nSPS) is 18.0. The first kappa shape index (κ1) is 15.2. The molecular weight excluding hydrogens is 268 g/mol. The molecule has 1 unspecified atom stereocenters. The Kier molecular flexibility index (Phi) is 5.31. The number of nitrogens with zero attached hydrogens (tertiary/aromatic N) is 3. The van der Waals surface area contributed by atoms with E-state index in [-0.39, 0.29) is 6.04 Å². The molecule has 1 aromatic heterocycles. The van der Waals surface area contributed by atoms with Crippen molar-refractivity contribution in [3.8, 4) is 0 Å². The van der Waals surface area contributed by atoms with Gasteiger partial charge in [-0.1, -0.05) is 25.6 Å². The van der Waals surface area contributed by atoms with Crippen LogP contribution in [0.2, 0.25) is 0 Å². The van der Waals surface area contributed by atoms with Gasteiger partial charge in [0.25, 0.3) is 0 Å². The molecule has 110 valence electrons. The van der Waals surface area contributed by atoms with Crippen molar-refractivity contribution >= 4 is 22.9 Å². The topological polar surface area (TPSA) is 45.4 Å². The molecule has 0 aromatic carbocycles. The summed E-state index contributed by atoms with van der Waals surface area (Å²) in [5.41, 5.74) is 8.42. The first-order valence-corrected chi connectivity index (χ1v) is 7.73. The molecule has 4 nitrogen and oxygen atoms in total. The fourth-order valence-corrected chi connectivity index (χ4v) is 3.14. The van der Waals surface area contributed by atoms with Gasteiger partial charge in [-0.2, -0.15) is 0 Å². The Morgan fingerprint density at radius 3 is 2.65 bits per heavy atom. The van der Waals surface area contributed by atoms with Gasteiger partial charge in [0.2, 0.25) is 0 Å². The Balaban J connectivity index is 1.98. The summed E-state index contributed by atoms with van der Waals surface area (Å²) in [5.74, 6) is 0. The predicted octanol–water partition coefficient (Wildman–Crippen LogP) is 1.97. The Morgan fingerprint density at radius 2 is 2.10 bits per heavy atom. The van der Waals surface area contributed by atoms with Crippen LogP contribution in [0.15, 0.2) is 18.5 Å². The third kappa shape index (κ3) is 3.46. The zero-order valence-corrected chi connectivity index (χ0v) is 13.2. The molecule has 0 aliphatic carbocycles. The van der Waals surface area contributed by atoms with E-state index >= 15 is 0 Å². The average Bonchev–Trinajstić information content (AvgIpc) is 2.45. The van der Waals surface area contributed by atoms with E-state index in [1.807, 2.05) is 12.4 Å². The van der Waals surface area contributed by atoms with Gasteiger partial charge in [0.15, 0.2) is 0 Å². The minimum absolute atomic E-state index is 0.260. The van der Waals surface area contributed by atoms with E-state index in [9.17, 15) is 0 Å². The van der Waals surface area contributed by atoms with Gasteiger partial charge in [0.05, 0.1) is 11.0 Å². The first-order valence-electron chi connectivity index (χ1n) is 7.32. The Hall–Kier alpha value is -1.20. The number of hydrogen-bond donors (Lipinski definition) is 1. The highest BCUT2D eigenvalue weighted by Gasteiger charge is 2.25. The number of anilines is 1. The highest BCUT2D eigenvalue weighted by atomic mass is 32.1. The summed E-state index contributed by atoms with van der Waals surface area (Å²) in [6, 6.07) is 2.36. The Bertz CT molecular complexity index is 455. The van der Waals surface area contributed by atoms with E-state index in [0.717, 1.165) is 39.0 Å². The second-order valence-corrected chi connectivity index (χ2v) is 5.86. The van der Waals surface area contributed by atoms with Gasteiger partial charge >= 0.3 is 0 Å². The largest absolute Gasteiger partial charge is 0.392 e. The summed E-state index contributed by atoms with van der Waals surface area (Å²) in [7, 11) is 0. The summed E-state index contributed by atoms with van der Waals surface area (Å²) in [6.07, 6.45) is 5.97. The smallest absolute Gasteiger partial charge is 0.0902 e. The molecule has 2 rings (SSSR count). The molecule has 0 saturated carbocycles. The summed E-state index contributed by atoms with van der Waals surface area (Å²) < 4.78 is 0. The van der Waals surface area contributed by atoms with Crippen LogP contribution in [0.3, 0.4) is 0 Å². The molecule has 0 spiro atoms. The summed E-state index contributed by atoms with van der Waals surface area (Å²) in [5, 5.41) is 0. The number of thiocarbonyl (C=S) groups is 1. The van der Waals surface area contributed by atoms with Gasteiger partial charge in [0, 0.05) is 44.3 Å². The number of piperazine rings is 1. The van der Waals surface area contributed by atoms with Gasteiger partial charge in [-0.25, -0.2) is 0 Å². The molecule has 1 aromatic rings. The van der Waals surface area contributed by atoms with Crippen LogP contribution in [-0.2, 0) is 0 Å². The molecule has 1 fully saturated rings. The second-order valence-electron chi connectivity index (χ2n) is 5.39. The van der Waals surface area contributed by atoms with Gasteiger partial charge < -0.3 is 10.6 Å². The van der Waals surface area contributed by atoms with Gasteiger partial charge in [0.1, 0.15) is 0 Å². The van der Waals surface area contributed by atoms with Crippen molar-refractivity contribution in [3.63, 3.8) is 0 Å². The molecule has 0 radical (unpaired) electrons. The van der Waals surface area contributed by atoms with Crippen LogP contribution in [0.5, 0.6) is 0 Å². The maximum Gasteiger partial charge on any atom is 0.0902 e. The van der Waals surface area contributed by atoms with Gasteiger partial charge in [-0.3, -0.25) is 9.88 Å². The standard InChI is InChI=1S/C15H24N4S/c1-3-4-14(15(16)20)19-9-7-18(8-10-19)13-5-6-17-11-12(13)2/h5-6,11,14H,3-4,7-10H2,1-2H3,(H2,16,20). The van der Waals surface area contributed by atoms with Crippen molar-refractivity contribution in [2.24, 2.45) is 5.73 Å². The molecule has 1 aliphatic rings. The van der Waals surface area contributed by atoms with Crippen LogP contribution < -0.4 is 10.6 Å². The van der Waals surface area contributed by atoms with E-state index in [4.69, 9.17) is 18.0 Å². The van der Waals surface area contributed by atoms with Crippen LogP contribution in [0.4, 0.5) is 5.69 Å². The summed E-state index contributed by atoms with van der Waals surface area (Å²) in [6.45, 7) is 8.38. The summed E-state index contributed by atoms with van der Waals surface area (Å²) in [4.78, 5) is 9.66. The molecule has 1 atom stereocenters. The number of aryl methyl sites for hydroxylation is 1. The number of nitrogens with two attached hydrogens (primary N) is 1. The molecule has 1 aliphatic heterocycles. The van der Waals surface area contributed by atoms with E-state index in [1.165, 1.54) is 11.3 Å². The van der Waals surface area contributed by atoms with Crippen LogP contribution in [0.25, 0.3) is 0 Å². The minimum Gasteiger partial charge on any atom is -0.392 e. The Morgan fingerprint density at radius 1 is 1.40 bits per heavy atom. The molecule has 0 amide bonds. The highest BCUT2D eigenvalue weighted by molar-refractivity contribution is 7.80. The van der Waals surface area contributed by atoms with Gasteiger partial charge in [-0.05, 0) is 25.0 Å². The van der Waals surface area contributed by atoms with Crippen molar-refractivity contribution in [2.75, 3.05) is 31.1 Å². The Labute approximate surface area is 127 Å². The molecular formula is C15H24N4S. The number of hydrogen-bond acceptors (Lipinski definition) is 4. The molecule has 2 N–H and O–H groups in total. The number of rotatable bonds is 5. The van der Waals surface area contributed by atoms with Crippen molar-refractivity contribution in [1.29, 1.82) is 0 Å². The van der Waals surface area contributed by atoms with Crippen LogP contribution >= 0.6 is 12.2 Å². The SMILES string of the molecule is CCCC(C(N)=S)N1CCN(c2ccncc2C)CC1. The van der Waals surface area contributed by atoms with Crippen LogP contribution in [0, 0.1) is 6.92 Å². The van der Waals surface area contributed by atoms with Crippen LogP contribution in [-0.4, -0.2) is 47.1 Å². The lowest BCUT2D eigenvalue weighted by Crippen LogP contribution is -2.53. The fraction of sp³-hybridized carbons (Fsp3) is 0.600. The predicted molar refractivity (Wildman–Crippen MR) is 88.2 cm³/mol. The highest BCUT2D eigenvalue weighted by Crippen LogP contribution is 2.21. The van der Waals surface area contributed by atoms with E-state index < -0.39 is 0 Å². The molecule has 2 heterocycles. The lowest BCUT2D eigenvalue weighted by Gasteiger charge is -2.40. The zero-order valence-electron chi connectivity index (χ0n) is 12.4. The monoisotopic (exact) mass is 292 g/mol. The maximum atomic E-state index is 5.89. The third-order valence-corrected chi connectivity index (χ3v) is 4.25. The quantitative estimate of drug-likeness (QED) is 0.841. The maximum absolute atomic E-state index is 5.89. The van der Waals surface area contributed by atoms with Crippen molar-refractivity contribution < 1.29 is 0 Å². The van der Waals surface area contributed by atoms with Crippen LogP contribution in [0.1, 0.15) is 25.3 Å². The van der Waals surface area contributed by atoms with E-state index in [0.29, 0.717) is 4.99 Å². The summed E-state index contributed by atoms with van der Waals surface area (Å²) >= 11 is 5.22.